The zero-order valence-corrected chi connectivity index (χ0v) is 48.5. The van der Waals surface area contributed by atoms with Crippen molar-refractivity contribution in [2.45, 2.75) is 89.6 Å². The van der Waals surface area contributed by atoms with Crippen molar-refractivity contribution in [3.63, 3.8) is 0 Å². The molecule has 486 valence electrons. The van der Waals surface area contributed by atoms with E-state index in [0.29, 0.717) is 21.6 Å². The zero-order chi connectivity index (χ0) is 62.0. The number of hydrogen-bond acceptors (Lipinski definition) is 27. The van der Waals surface area contributed by atoms with Gasteiger partial charge in [-0.2, -0.15) is 0 Å². The lowest BCUT2D eigenvalue weighted by Gasteiger charge is -2.18. The van der Waals surface area contributed by atoms with Gasteiger partial charge < -0.3 is 87.3 Å². The fourth-order valence-electron chi connectivity index (χ4n) is 7.63. The predicted molar refractivity (Wildman–Crippen MR) is 284 cm³/mol. The summed E-state index contributed by atoms with van der Waals surface area (Å²) in [6.45, 7) is 5.14. The van der Waals surface area contributed by atoms with Gasteiger partial charge in [-0.3, -0.25) is 43.2 Å². The number of hydroxylamine groups is 6. The third-order valence-corrected chi connectivity index (χ3v) is 12.4. The summed E-state index contributed by atoms with van der Waals surface area (Å²) < 4.78 is 66.5. The molecule has 4 fully saturated rings. The van der Waals surface area contributed by atoms with Gasteiger partial charge in [0.25, 0.3) is 35.4 Å². The first-order chi connectivity index (χ1) is 41.7. The molecule has 1 atom stereocenters. The Balaban J connectivity index is 0.997. The van der Waals surface area contributed by atoms with Gasteiger partial charge in [0.05, 0.1) is 177 Å². The van der Waals surface area contributed by atoms with Gasteiger partial charge in [0.15, 0.2) is 0 Å². The number of carbonyl (C=O) groups excluding carboxylic acids is 12. The Kier molecular flexibility index (Phi) is 36.4. The van der Waals surface area contributed by atoms with E-state index >= 15 is 0 Å². The largest absolute Gasteiger partial charge is 0.380 e. The number of hydrogen-bond donors (Lipinski definition) is 3. The predicted octanol–water partition coefficient (Wildman–Crippen LogP) is -2.54. The highest BCUT2D eigenvalue weighted by Gasteiger charge is 2.56. The van der Waals surface area contributed by atoms with Gasteiger partial charge in [0.2, 0.25) is 17.7 Å². The molecule has 0 radical (unpaired) electrons. The molecule has 3 saturated heterocycles. The van der Waals surface area contributed by atoms with Crippen LogP contribution in [0.15, 0.2) is 0 Å². The molecule has 0 aromatic rings. The monoisotopic (exact) mass is 1230 g/mol. The first-order valence-electron chi connectivity index (χ1n) is 28.6. The van der Waals surface area contributed by atoms with E-state index in [1.807, 2.05) is 0 Å². The molecule has 33 nitrogen and oxygen atoms in total. The molecule has 33 heteroatoms. The fourth-order valence-corrected chi connectivity index (χ4v) is 7.63. The second kappa shape index (κ2) is 43.4. The lowest BCUT2D eigenvalue weighted by atomic mass is 10.1. The van der Waals surface area contributed by atoms with Gasteiger partial charge in [-0.25, -0.2) is 14.4 Å². The molecule has 1 saturated carbocycles. The van der Waals surface area contributed by atoms with Crippen molar-refractivity contribution in [2.24, 2.45) is 5.41 Å². The summed E-state index contributed by atoms with van der Waals surface area (Å²) in [5, 5.41) is 9.74. The molecular formula is C53H82N6O27. The van der Waals surface area contributed by atoms with E-state index in [0.717, 1.165) is 0 Å². The summed E-state index contributed by atoms with van der Waals surface area (Å²) in [5.74, 6) is -6.34. The van der Waals surface area contributed by atoms with Gasteiger partial charge in [-0.15, -0.1) is 15.2 Å². The standard InChI is InChI=1S/C53H82N6O27/c60-41(54-13-22-75-28-34-78-31-25-72-18-10-50(69)84-57-44(63)1-2-45(57)64)7-16-81-38-53(39-82-17-8-42(61)55-14-23-76-29-35-79-32-26-73-19-11-51(70)85-58-46(65)3-4-47(58)66)37-40(53)83-21-9-43(62)56-15-24-77-30-36-80-33-27-74-20-12-52(71)86-59-48(67)5-6-49(59)68/h40H,1-39H2,(H,54,60)(H,55,61)(H,56,62). The molecule has 3 N–H and O–H groups in total. The average molecular weight is 1240 g/mol. The van der Waals surface area contributed by atoms with Crippen LogP contribution in [0.3, 0.4) is 0 Å². The molecule has 86 heavy (non-hydrogen) atoms. The van der Waals surface area contributed by atoms with Crippen LogP contribution >= 0.6 is 0 Å². The maximum atomic E-state index is 12.5. The molecule has 0 spiro atoms. The van der Waals surface area contributed by atoms with E-state index < -0.39 is 58.8 Å². The van der Waals surface area contributed by atoms with Gasteiger partial charge in [0, 0.05) is 82.8 Å². The summed E-state index contributed by atoms with van der Waals surface area (Å²) in [5.41, 5.74) is -0.569. The summed E-state index contributed by atoms with van der Waals surface area (Å²) in [7, 11) is 0. The number of carbonyl (C=O) groups is 12. The quantitative estimate of drug-likeness (QED) is 0.0417. The van der Waals surface area contributed by atoms with Gasteiger partial charge in [-0.1, -0.05) is 0 Å². The molecule has 3 aliphatic heterocycles. The van der Waals surface area contributed by atoms with Crippen LogP contribution in [0.2, 0.25) is 0 Å². The minimum absolute atomic E-state index is 0.0113. The molecule has 1 unspecified atom stereocenters. The smallest absolute Gasteiger partial charge is 0.335 e. The Bertz CT molecular complexity index is 2030. The van der Waals surface area contributed by atoms with Gasteiger partial charge in [0.1, 0.15) is 0 Å². The summed E-state index contributed by atoms with van der Waals surface area (Å²) >= 11 is 0. The Labute approximate surface area is 496 Å². The average Bonchev–Trinajstić information content (AvgIpc) is 2.87. The molecular weight excluding hydrogens is 1150 g/mol. The number of amides is 9. The first kappa shape index (κ1) is 72.2. The minimum atomic E-state index is -0.755. The maximum Gasteiger partial charge on any atom is 0.335 e. The third-order valence-electron chi connectivity index (χ3n) is 12.4. The van der Waals surface area contributed by atoms with Gasteiger partial charge >= 0.3 is 17.9 Å². The number of rotatable bonds is 53. The van der Waals surface area contributed by atoms with Crippen molar-refractivity contribution >= 4 is 71.1 Å². The maximum absolute atomic E-state index is 12.5. The van der Waals surface area contributed by atoms with Crippen molar-refractivity contribution < 1.29 is 129 Å². The van der Waals surface area contributed by atoms with Crippen LogP contribution in [0.1, 0.15) is 83.5 Å². The highest BCUT2D eigenvalue weighted by Crippen LogP contribution is 2.49. The van der Waals surface area contributed by atoms with Crippen LogP contribution in [0.5, 0.6) is 0 Å². The summed E-state index contributed by atoms with van der Waals surface area (Å²) in [6, 6.07) is 0. The molecule has 0 bridgehead atoms. The Morgan fingerprint density at radius 1 is 0.326 bits per heavy atom. The molecule has 3 heterocycles. The van der Waals surface area contributed by atoms with Crippen LogP contribution in [0, 0.1) is 5.41 Å². The highest BCUT2D eigenvalue weighted by molar-refractivity contribution is 6.03. The van der Waals surface area contributed by atoms with Crippen LogP contribution in [0.4, 0.5) is 0 Å². The van der Waals surface area contributed by atoms with Crippen LogP contribution in [-0.2, 0) is 129 Å². The summed E-state index contributed by atoms with van der Waals surface area (Å²) in [4.78, 5) is 156. The molecule has 9 amide bonds. The second-order valence-electron chi connectivity index (χ2n) is 19.2. The Hall–Kier alpha value is -6.24. The summed E-state index contributed by atoms with van der Waals surface area (Å²) in [6.07, 6.45) is 0.125. The van der Waals surface area contributed by atoms with E-state index in [4.69, 9.17) is 71.4 Å². The number of nitrogens with zero attached hydrogens (tertiary/aromatic N) is 3. The normalized spacial score (nSPS) is 16.3. The topological polar surface area (TPSA) is 389 Å². The van der Waals surface area contributed by atoms with Crippen molar-refractivity contribution in [2.75, 3.05) is 172 Å². The van der Waals surface area contributed by atoms with Crippen LogP contribution in [0.25, 0.3) is 0 Å². The van der Waals surface area contributed by atoms with Crippen molar-refractivity contribution in [3.8, 4) is 0 Å². The van der Waals surface area contributed by atoms with Crippen molar-refractivity contribution in [1.82, 2.24) is 31.1 Å². The lowest BCUT2D eigenvalue weighted by Crippen LogP contribution is -2.32. The molecule has 0 aromatic carbocycles. The molecule has 0 aromatic heterocycles. The van der Waals surface area contributed by atoms with Crippen LogP contribution in [-0.4, -0.2) is 264 Å². The van der Waals surface area contributed by atoms with E-state index in [1.165, 1.54) is 0 Å². The second-order valence-corrected chi connectivity index (χ2v) is 19.2. The fraction of sp³-hybridized carbons (Fsp3) is 0.774. The highest BCUT2D eigenvalue weighted by atomic mass is 16.7. The van der Waals surface area contributed by atoms with Crippen molar-refractivity contribution in [3.05, 3.63) is 0 Å². The first-order valence-corrected chi connectivity index (χ1v) is 28.6. The number of imide groups is 3. The Morgan fingerprint density at radius 3 is 0.860 bits per heavy atom. The lowest BCUT2D eigenvalue weighted by molar-refractivity contribution is -0.198. The van der Waals surface area contributed by atoms with E-state index in [-0.39, 0.29) is 272 Å². The van der Waals surface area contributed by atoms with Gasteiger partial charge in [-0.05, 0) is 6.42 Å². The molecule has 1 aliphatic carbocycles. The SMILES string of the molecule is O=C(CCOCC1(COCCC(=O)NCCOCCOCCOCCC(=O)ON2C(=O)CCC2=O)CC1OCCC(=O)NCCOCCOCCOCCC(=O)ON1C(=O)CCC1=O)NCCOCCOCCOCCC(=O)ON1C(=O)CCC1=O. The third kappa shape index (κ3) is 31.4. The van der Waals surface area contributed by atoms with E-state index in [2.05, 4.69) is 16.0 Å². The zero-order valence-electron chi connectivity index (χ0n) is 48.5. The molecule has 4 aliphatic rings. The minimum Gasteiger partial charge on any atom is -0.380 e. The molecule has 4 rings (SSSR count). The van der Waals surface area contributed by atoms with Crippen molar-refractivity contribution in [1.29, 1.82) is 0 Å². The van der Waals surface area contributed by atoms with Crippen LogP contribution < -0.4 is 16.0 Å². The Morgan fingerprint density at radius 2 is 0.570 bits per heavy atom. The van der Waals surface area contributed by atoms with E-state index in [1.54, 1.807) is 0 Å². The number of nitrogens with one attached hydrogen (secondary N) is 3. The number of ether oxygens (including phenoxy) is 12. The van der Waals surface area contributed by atoms with E-state index in [9.17, 15) is 57.5 Å².